The molecule has 2 nitrogen and oxygen atoms in total. The van der Waals surface area contributed by atoms with E-state index in [2.05, 4.69) is 44.3 Å². The fourth-order valence-corrected chi connectivity index (χ4v) is 3.18. The van der Waals surface area contributed by atoms with Crippen LogP contribution < -0.4 is 10.1 Å². The summed E-state index contributed by atoms with van der Waals surface area (Å²) >= 11 is 0. The van der Waals surface area contributed by atoms with Crippen LogP contribution in [0.4, 0.5) is 5.69 Å². The zero-order valence-corrected chi connectivity index (χ0v) is 13.9. The Morgan fingerprint density at radius 1 is 1.19 bits per heavy atom. The van der Waals surface area contributed by atoms with E-state index >= 15 is 0 Å². The lowest BCUT2D eigenvalue weighted by molar-refractivity contribution is 0.271. The minimum absolute atomic E-state index is 0.565. The molecule has 0 aliphatic heterocycles. The summed E-state index contributed by atoms with van der Waals surface area (Å²) in [6.45, 7) is 7.44. The van der Waals surface area contributed by atoms with Crippen LogP contribution in [0.25, 0.3) is 0 Å². The van der Waals surface area contributed by atoms with Gasteiger partial charge in [-0.05, 0) is 49.7 Å². The van der Waals surface area contributed by atoms with E-state index in [1.54, 1.807) is 0 Å². The Kier molecular flexibility index (Phi) is 6.41. The molecule has 0 amide bonds. The average Bonchev–Trinajstić information content (AvgIpc) is 2.48. The Balaban J connectivity index is 1.81. The van der Waals surface area contributed by atoms with Gasteiger partial charge >= 0.3 is 0 Å². The second-order valence-corrected chi connectivity index (χ2v) is 6.88. The molecular weight excluding hydrogens is 258 g/mol. The molecule has 0 unspecified atom stereocenters. The van der Waals surface area contributed by atoms with Gasteiger partial charge in [-0.25, -0.2) is 0 Å². The molecule has 1 saturated carbocycles. The number of hydrogen-bond acceptors (Lipinski definition) is 2. The van der Waals surface area contributed by atoms with Crippen LogP contribution in [0.15, 0.2) is 24.3 Å². The summed E-state index contributed by atoms with van der Waals surface area (Å²) < 4.78 is 5.81. The van der Waals surface area contributed by atoms with Crippen LogP contribution in [0.2, 0.25) is 0 Å². The smallest absolute Gasteiger partial charge is 0.121 e. The second-order valence-electron chi connectivity index (χ2n) is 6.88. The molecule has 0 saturated heterocycles. The summed E-state index contributed by atoms with van der Waals surface area (Å²) in [7, 11) is 0. The lowest BCUT2D eigenvalue weighted by Crippen LogP contribution is -2.26. The van der Waals surface area contributed by atoms with Gasteiger partial charge < -0.3 is 10.1 Å². The van der Waals surface area contributed by atoms with E-state index in [0.29, 0.717) is 12.0 Å². The van der Waals surface area contributed by atoms with Crippen LogP contribution in [0, 0.1) is 11.8 Å². The Hall–Kier alpha value is -1.18. The Labute approximate surface area is 130 Å². The van der Waals surface area contributed by atoms with E-state index in [1.807, 2.05) is 6.07 Å². The Morgan fingerprint density at radius 3 is 2.62 bits per heavy atom. The average molecular weight is 289 g/mol. The normalized spacial score (nSPS) is 22.3. The molecule has 0 aromatic heterocycles. The molecule has 0 radical (unpaired) electrons. The summed E-state index contributed by atoms with van der Waals surface area (Å²) in [5, 5.41) is 3.69. The first-order valence-electron chi connectivity index (χ1n) is 8.66. The topological polar surface area (TPSA) is 21.3 Å². The molecular formula is C19H31NO. The minimum Gasteiger partial charge on any atom is -0.493 e. The van der Waals surface area contributed by atoms with Gasteiger partial charge in [-0.1, -0.05) is 39.7 Å². The molecule has 2 heteroatoms. The lowest BCUT2D eigenvalue weighted by atomic mass is 9.83. The van der Waals surface area contributed by atoms with Crippen LogP contribution in [-0.4, -0.2) is 12.6 Å². The summed E-state index contributed by atoms with van der Waals surface area (Å²) in [6.07, 6.45) is 8.12. The fraction of sp³-hybridized carbons (Fsp3) is 0.684. The summed E-state index contributed by atoms with van der Waals surface area (Å²) in [5.74, 6) is 2.51. The standard InChI is InChI=1S/C19H31NO/c1-4-6-16-9-11-17(12-10-16)20-18-7-5-8-19(13-18)21-14-15(2)3/h5,7-8,13,15-17,20H,4,6,9-12,14H2,1-3H3. The van der Waals surface area contributed by atoms with Gasteiger partial charge in [0.25, 0.3) is 0 Å². The molecule has 1 aliphatic carbocycles. The van der Waals surface area contributed by atoms with Crippen LogP contribution >= 0.6 is 0 Å². The van der Waals surface area contributed by atoms with Gasteiger partial charge in [-0.15, -0.1) is 0 Å². The van der Waals surface area contributed by atoms with Crippen molar-refractivity contribution < 1.29 is 4.74 Å². The number of hydrogen-bond donors (Lipinski definition) is 1. The monoisotopic (exact) mass is 289 g/mol. The second kappa shape index (κ2) is 8.31. The first-order chi connectivity index (χ1) is 10.2. The van der Waals surface area contributed by atoms with Crippen molar-refractivity contribution in [3.63, 3.8) is 0 Å². The van der Waals surface area contributed by atoms with E-state index in [4.69, 9.17) is 4.74 Å². The number of nitrogens with one attached hydrogen (secondary N) is 1. The van der Waals surface area contributed by atoms with Gasteiger partial charge in [0.05, 0.1) is 6.61 Å². The molecule has 0 atom stereocenters. The quantitative estimate of drug-likeness (QED) is 0.716. The highest BCUT2D eigenvalue weighted by Crippen LogP contribution is 2.30. The molecule has 1 fully saturated rings. The van der Waals surface area contributed by atoms with Gasteiger partial charge in [0.1, 0.15) is 5.75 Å². The molecule has 0 heterocycles. The molecule has 0 spiro atoms. The van der Waals surface area contributed by atoms with Crippen LogP contribution in [0.1, 0.15) is 59.3 Å². The molecule has 21 heavy (non-hydrogen) atoms. The van der Waals surface area contributed by atoms with Gasteiger partial charge in [0.15, 0.2) is 0 Å². The number of rotatable bonds is 7. The SMILES string of the molecule is CCCC1CCC(Nc2cccc(OCC(C)C)c2)CC1. The van der Waals surface area contributed by atoms with E-state index in [-0.39, 0.29) is 0 Å². The Bertz CT molecular complexity index is 408. The number of benzene rings is 1. The van der Waals surface area contributed by atoms with Gasteiger partial charge in [0, 0.05) is 17.8 Å². The molecule has 1 aliphatic rings. The van der Waals surface area contributed by atoms with Gasteiger partial charge in [-0.2, -0.15) is 0 Å². The third kappa shape index (κ3) is 5.61. The maximum Gasteiger partial charge on any atom is 0.121 e. The summed E-state index contributed by atoms with van der Waals surface area (Å²) in [5.41, 5.74) is 1.20. The largest absolute Gasteiger partial charge is 0.493 e. The molecule has 0 bridgehead atoms. The third-order valence-electron chi connectivity index (χ3n) is 4.33. The van der Waals surface area contributed by atoms with Crippen LogP contribution in [-0.2, 0) is 0 Å². The van der Waals surface area contributed by atoms with Crippen molar-refractivity contribution in [3.05, 3.63) is 24.3 Å². The number of ether oxygens (including phenoxy) is 1. The molecule has 1 N–H and O–H groups in total. The van der Waals surface area contributed by atoms with Crippen LogP contribution in [0.3, 0.4) is 0 Å². The van der Waals surface area contributed by atoms with Crippen molar-refractivity contribution in [1.29, 1.82) is 0 Å². The lowest BCUT2D eigenvalue weighted by Gasteiger charge is -2.29. The highest BCUT2D eigenvalue weighted by molar-refractivity contribution is 5.48. The molecule has 118 valence electrons. The van der Waals surface area contributed by atoms with Crippen molar-refractivity contribution in [2.45, 2.75) is 65.3 Å². The molecule has 1 aromatic rings. The third-order valence-corrected chi connectivity index (χ3v) is 4.33. The highest BCUT2D eigenvalue weighted by atomic mass is 16.5. The molecule has 1 aromatic carbocycles. The first-order valence-corrected chi connectivity index (χ1v) is 8.66. The predicted molar refractivity (Wildman–Crippen MR) is 91.1 cm³/mol. The fourth-order valence-electron chi connectivity index (χ4n) is 3.18. The summed E-state index contributed by atoms with van der Waals surface area (Å²) in [6, 6.07) is 9.06. The van der Waals surface area contributed by atoms with E-state index < -0.39 is 0 Å². The summed E-state index contributed by atoms with van der Waals surface area (Å²) in [4.78, 5) is 0. The molecule has 2 rings (SSSR count). The maximum absolute atomic E-state index is 5.81. The van der Waals surface area contributed by atoms with Gasteiger partial charge in [-0.3, -0.25) is 0 Å². The van der Waals surface area contributed by atoms with Crippen molar-refractivity contribution in [2.24, 2.45) is 11.8 Å². The van der Waals surface area contributed by atoms with Crippen molar-refractivity contribution in [1.82, 2.24) is 0 Å². The minimum atomic E-state index is 0.565. The number of anilines is 1. The van der Waals surface area contributed by atoms with Crippen LogP contribution in [0.5, 0.6) is 5.75 Å². The van der Waals surface area contributed by atoms with Crippen molar-refractivity contribution in [3.8, 4) is 5.75 Å². The Morgan fingerprint density at radius 2 is 1.95 bits per heavy atom. The van der Waals surface area contributed by atoms with E-state index in [1.165, 1.54) is 44.2 Å². The van der Waals surface area contributed by atoms with Crippen molar-refractivity contribution in [2.75, 3.05) is 11.9 Å². The zero-order valence-electron chi connectivity index (χ0n) is 13.9. The zero-order chi connectivity index (χ0) is 15.1. The first kappa shape index (κ1) is 16.2. The van der Waals surface area contributed by atoms with E-state index in [9.17, 15) is 0 Å². The maximum atomic E-state index is 5.81. The highest BCUT2D eigenvalue weighted by Gasteiger charge is 2.20. The van der Waals surface area contributed by atoms with Crippen molar-refractivity contribution >= 4 is 5.69 Å². The predicted octanol–water partition coefficient (Wildman–Crippen LogP) is 5.49. The van der Waals surface area contributed by atoms with E-state index in [0.717, 1.165) is 18.3 Å². The van der Waals surface area contributed by atoms with Gasteiger partial charge in [0.2, 0.25) is 0 Å².